The molecule has 68 valence electrons. The highest BCUT2D eigenvalue weighted by Gasteiger charge is 2.05. The fourth-order valence-electron chi connectivity index (χ4n) is 0.867. The van der Waals surface area contributed by atoms with Gasteiger partial charge in [0.25, 0.3) is 0 Å². The summed E-state index contributed by atoms with van der Waals surface area (Å²) in [6.45, 7) is 1.99. The van der Waals surface area contributed by atoms with Crippen LogP contribution in [0.1, 0.15) is 26.2 Å². The molecule has 0 aromatic carbocycles. The van der Waals surface area contributed by atoms with Crippen LogP contribution in [0.15, 0.2) is 0 Å². The van der Waals surface area contributed by atoms with Crippen molar-refractivity contribution in [1.29, 1.82) is 5.26 Å². The number of carbonyl (C=O) groups is 1. The van der Waals surface area contributed by atoms with Crippen molar-refractivity contribution in [2.75, 3.05) is 6.61 Å². The van der Waals surface area contributed by atoms with Crippen LogP contribution in [-0.4, -0.2) is 23.7 Å². The minimum Gasteiger partial charge on any atom is -0.396 e. The molecule has 2 N–H and O–H groups in total. The van der Waals surface area contributed by atoms with Gasteiger partial charge >= 0.3 is 0 Å². The molecule has 4 heteroatoms. The number of amides is 1. The molecule has 4 nitrogen and oxygen atoms in total. The van der Waals surface area contributed by atoms with Gasteiger partial charge in [-0.15, -0.1) is 0 Å². The average molecular weight is 170 g/mol. The number of rotatable bonds is 5. The first-order chi connectivity index (χ1) is 5.70. The standard InChI is InChI=1S/C8H14N2O2/c1-7(3-2-6-11)10-8(12)4-5-9/h7,11H,2-4,6H2,1H3,(H,10,12). The largest absolute Gasteiger partial charge is 0.396 e. The summed E-state index contributed by atoms with van der Waals surface area (Å²) in [4.78, 5) is 10.8. The van der Waals surface area contributed by atoms with Crippen LogP contribution >= 0.6 is 0 Å². The first-order valence-corrected chi connectivity index (χ1v) is 3.98. The lowest BCUT2D eigenvalue weighted by Crippen LogP contribution is -2.32. The van der Waals surface area contributed by atoms with Crippen molar-refractivity contribution < 1.29 is 9.90 Å². The Balaban J connectivity index is 3.48. The molecule has 0 bridgehead atoms. The first-order valence-electron chi connectivity index (χ1n) is 3.98. The van der Waals surface area contributed by atoms with Crippen molar-refractivity contribution in [1.82, 2.24) is 5.32 Å². The fourth-order valence-corrected chi connectivity index (χ4v) is 0.867. The van der Waals surface area contributed by atoms with Crippen molar-refractivity contribution in [2.45, 2.75) is 32.2 Å². The topological polar surface area (TPSA) is 73.1 Å². The Bertz CT molecular complexity index is 174. The van der Waals surface area contributed by atoms with Crippen LogP contribution in [0, 0.1) is 11.3 Å². The van der Waals surface area contributed by atoms with E-state index in [2.05, 4.69) is 5.32 Å². The summed E-state index contributed by atoms with van der Waals surface area (Å²) in [6.07, 6.45) is 1.32. The molecule has 0 rings (SSSR count). The maximum atomic E-state index is 10.8. The van der Waals surface area contributed by atoms with Crippen LogP contribution < -0.4 is 5.32 Å². The number of nitrogens with one attached hydrogen (secondary N) is 1. The van der Waals surface area contributed by atoms with Crippen LogP contribution in [0.2, 0.25) is 0 Å². The molecule has 0 fully saturated rings. The Morgan fingerprint density at radius 1 is 1.75 bits per heavy atom. The highest BCUT2D eigenvalue weighted by molar-refractivity contribution is 5.78. The molecule has 1 amide bonds. The molecule has 0 aliphatic heterocycles. The monoisotopic (exact) mass is 170 g/mol. The summed E-state index contributed by atoms with van der Waals surface area (Å²) >= 11 is 0. The van der Waals surface area contributed by atoms with Crippen LogP contribution in [0.3, 0.4) is 0 Å². The average Bonchev–Trinajstić information content (AvgIpc) is 2.01. The minimum atomic E-state index is -0.247. The second-order valence-corrected chi connectivity index (χ2v) is 2.67. The molecule has 0 saturated heterocycles. The van der Waals surface area contributed by atoms with E-state index in [1.165, 1.54) is 0 Å². The number of hydrogen-bond acceptors (Lipinski definition) is 3. The van der Waals surface area contributed by atoms with E-state index in [4.69, 9.17) is 10.4 Å². The summed E-state index contributed by atoms with van der Waals surface area (Å²) in [7, 11) is 0. The van der Waals surface area contributed by atoms with Crippen LogP contribution in [-0.2, 0) is 4.79 Å². The molecular weight excluding hydrogens is 156 g/mol. The number of aliphatic hydroxyl groups excluding tert-OH is 1. The highest BCUT2D eigenvalue weighted by Crippen LogP contribution is 1.95. The van der Waals surface area contributed by atoms with E-state index in [1.807, 2.05) is 6.92 Å². The van der Waals surface area contributed by atoms with Gasteiger partial charge in [0, 0.05) is 12.6 Å². The van der Waals surface area contributed by atoms with E-state index in [9.17, 15) is 4.79 Å². The van der Waals surface area contributed by atoms with Gasteiger partial charge in [-0.2, -0.15) is 5.26 Å². The number of aliphatic hydroxyl groups is 1. The van der Waals surface area contributed by atoms with Gasteiger partial charge in [0.05, 0.1) is 6.07 Å². The Hall–Kier alpha value is -1.08. The van der Waals surface area contributed by atoms with E-state index in [0.717, 1.165) is 6.42 Å². The van der Waals surface area contributed by atoms with Crippen LogP contribution in [0.25, 0.3) is 0 Å². The maximum absolute atomic E-state index is 10.8. The maximum Gasteiger partial charge on any atom is 0.234 e. The van der Waals surface area contributed by atoms with Gasteiger partial charge in [-0.1, -0.05) is 0 Å². The Morgan fingerprint density at radius 3 is 2.92 bits per heavy atom. The number of nitriles is 1. The Kier molecular flexibility index (Phi) is 6.02. The van der Waals surface area contributed by atoms with Crippen molar-refractivity contribution in [3.05, 3.63) is 0 Å². The summed E-state index contributed by atoms with van der Waals surface area (Å²) in [5.41, 5.74) is 0. The molecule has 12 heavy (non-hydrogen) atoms. The molecule has 1 atom stereocenters. The Morgan fingerprint density at radius 2 is 2.42 bits per heavy atom. The molecule has 0 heterocycles. The van der Waals surface area contributed by atoms with E-state index in [-0.39, 0.29) is 25.0 Å². The molecule has 1 unspecified atom stereocenters. The van der Waals surface area contributed by atoms with Crippen molar-refractivity contribution in [2.24, 2.45) is 0 Å². The van der Waals surface area contributed by atoms with Gasteiger partial charge in [0.1, 0.15) is 6.42 Å². The van der Waals surface area contributed by atoms with Crippen LogP contribution in [0.5, 0.6) is 0 Å². The second kappa shape index (κ2) is 6.62. The SMILES string of the molecule is CC(CCCO)NC(=O)CC#N. The van der Waals surface area contributed by atoms with Gasteiger partial charge in [-0.25, -0.2) is 0 Å². The molecule has 0 aliphatic rings. The van der Waals surface area contributed by atoms with Crippen LogP contribution in [0.4, 0.5) is 0 Å². The Labute approximate surface area is 72.2 Å². The van der Waals surface area contributed by atoms with Gasteiger partial charge in [0.2, 0.25) is 5.91 Å². The summed E-state index contributed by atoms with van der Waals surface area (Å²) in [6, 6.07) is 1.81. The van der Waals surface area contributed by atoms with E-state index in [1.54, 1.807) is 6.07 Å². The molecule has 0 saturated carbocycles. The summed E-state index contributed by atoms with van der Waals surface area (Å²) in [5, 5.41) is 19.3. The van der Waals surface area contributed by atoms with Crippen molar-refractivity contribution in [3.8, 4) is 6.07 Å². The third-order valence-corrected chi connectivity index (χ3v) is 1.44. The third-order valence-electron chi connectivity index (χ3n) is 1.44. The quantitative estimate of drug-likeness (QED) is 0.618. The molecule has 0 aromatic rings. The zero-order valence-electron chi connectivity index (χ0n) is 7.21. The predicted molar refractivity (Wildman–Crippen MR) is 44.2 cm³/mol. The minimum absolute atomic E-state index is 0.0398. The second-order valence-electron chi connectivity index (χ2n) is 2.67. The zero-order chi connectivity index (χ0) is 9.40. The lowest BCUT2D eigenvalue weighted by atomic mass is 10.2. The molecule has 0 aromatic heterocycles. The van der Waals surface area contributed by atoms with Gasteiger partial charge in [0.15, 0.2) is 0 Å². The third kappa shape index (κ3) is 5.69. The molecule has 0 spiro atoms. The number of nitrogens with zero attached hydrogens (tertiary/aromatic N) is 1. The zero-order valence-corrected chi connectivity index (χ0v) is 7.21. The molecule has 0 radical (unpaired) electrons. The summed E-state index contributed by atoms with van der Waals surface area (Å²) < 4.78 is 0. The number of carbonyl (C=O) groups excluding carboxylic acids is 1. The lowest BCUT2D eigenvalue weighted by Gasteiger charge is -2.11. The van der Waals surface area contributed by atoms with Crippen molar-refractivity contribution in [3.63, 3.8) is 0 Å². The fraction of sp³-hybridized carbons (Fsp3) is 0.750. The van der Waals surface area contributed by atoms with E-state index >= 15 is 0 Å². The highest BCUT2D eigenvalue weighted by atomic mass is 16.2. The van der Waals surface area contributed by atoms with Gasteiger partial charge in [-0.05, 0) is 19.8 Å². The normalized spacial score (nSPS) is 11.8. The molecular formula is C8H14N2O2. The number of hydrogen-bond donors (Lipinski definition) is 2. The predicted octanol–water partition coefficient (Wildman–Crippen LogP) is 0.177. The van der Waals surface area contributed by atoms with Crippen molar-refractivity contribution >= 4 is 5.91 Å². The van der Waals surface area contributed by atoms with E-state index < -0.39 is 0 Å². The molecule has 0 aliphatic carbocycles. The lowest BCUT2D eigenvalue weighted by molar-refractivity contribution is -0.120. The summed E-state index contributed by atoms with van der Waals surface area (Å²) in [5.74, 6) is -0.247. The smallest absolute Gasteiger partial charge is 0.234 e. The van der Waals surface area contributed by atoms with E-state index in [0.29, 0.717) is 6.42 Å². The van der Waals surface area contributed by atoms with Gasteiger partial charge < -0.3 is 10.4 Å². The first kappa shape index (κ1) is 10.9. The van der Waals surface area contributed by atoms with Gasteiger partial charge in [-0.3, -0.25) is 4.79 Å².